The number of carbonyl (C=O) groups excluding carboxylic acids is 1. The summed E-state index contributed by atoms with van der Waals surface area (Å²) >= 11 is 0. The van der Waals surface area contributed by atoms with E-state index in [1.54, 1.807) is 6.08 Å². The number of unbranched alkanes of at least 4 members (excludes halogenated alkanes) is 4. The maximum absolute atomic E-state index is 10.9. The minimum Gasteiger partial charge on any atom is -0.469 e. The Balaban J connectivity index is 3.67. The zero-order valence-electron chi connectivity index (χ0n) is 15.6. The van der Waals surface area contributed by atoms with E-state index in [1.165, 1.54) is 7.11 Å². The van der Waals surface area contributed by atoms with Crippen molar-refractivity contribution >= 4 is 5.97 Å². The van der Waals surface area contributed by atoms with Gasteiger partial charge in [0.1, 0.15) is 0 Å². The van der Waals surface area contributed by atoms with Gasteiger partial charge in [-0.25, -0.2) is 0 Å². The van der Waals surface area contributed by atoms with Gasteiger partial charge < -0.3 is 4.74 Å². The van der Waals surface area contributed by atoms with Crippen LogP contribution in [-0.2, 0) is 9.53 Å². The number of esters is 1. The number of carbonyl (C=O) groups is 1. The molecule has 21 heavy (non-hydrogen) atoms. The van der Waals surface area contributed by atoms with E-state index < -0.39 is 6.37 Å². The first kappa shape index (κ1) is 16.1. The smallest absolute Gasteiger partial charge is 0.305 e. The van der Waals surface area contributed by atoms with E-state index in [0.717, 1.165) is 44.9 Å². The summed E-state index contributed by atoms with van der Waals surface area (Å²) in [6.45, 7) is 2.09. The second kappa shape index (κ2) is 16.7. The van der Waals surface area contributed by atoms with E-state index >= 15 is 0 Å². The van der Waals surface area contributed by atoms with Crippen molar-refractivity contribution in [2.24, 2.45) is 0 Å². The fourth-order valence-electron chi connectivity index (χ4n) is 1.82. The summed E-state index contributed by atoms with van der Waals surface area (Å²) < 4.78 is 20.4. The van der Waals surface area contributed by atoms with Crippen LogP contribution in [0.25, 0.3) is 0 Å². The molecule has 0 saturated carbocycles. The first-order valence-electron chi connectivity index (χ1n) is 9.06. The third-order valence-corrected chi connectivity index (χ3v) is 3.04. The molecule has 0 amide bonds. The fourth-order valence-corrected chi connectivity index (χ4v) is 1.82. The number of ether oxygens (including phenoxy) is 1. The molecule has 2 nitrogen and oxygen atoms in total. The summed E-state index contributed by atoms with van der Waals surface area (Å²) in [6.07, 6.45) is 18.2. The summed E-state index contributed by atoms with van der Waals surface area (Å²) in [4.78, 5) is 10.9. The highest BCUT2D eigenvalue weighted by Gasteiger charge is 1.98. The zero-order chi connectivity index (χ0) is 17.4. The third-order valence-electron chi connectivity index (χ3n) is 3.04. The van der Waals surface area contributed by atoms with Crippen molar-refractivity contribution in [3.05, 3.63) is 36.5 Å². The molecule has 0 aromatic rings. The van der Waals surface area contributed by atoms with Gasteiger partial charge in [-0.1, -0.05) is 56.2 Å². The second-order valence-corrected chi connectivity index (χ2v) is 4.93. The van der Waals surface area contributed by atoms with Gasteiger partial charge in [0.25, 0.3) is 0 Å². The maximum Gasteiger partial charge on any atom is 0.305 e. The molecule has 0 N–H and O–H groups in total. The van der Waals surface area contributed by atoms with Crippen LogP contribution >= 0.6 is 0 Å². The van der Waals surface area contributed by atoms with Crippen LogP contribution in [0, 0.1) is 0 Å². The van der Waals surface area contributed by atoms with Crippen LogP contribution in [0.1, 0.15) is 73.8 Å². The Labute approximate surface area is 133 Å². The van der Waals surface area contributed by atoms with E-state index in [-0.39, 0.29) is 5.97 Å². The first-order valence-corrected chi connectivity index (χ1v) is 8.06. The average molecular weight is 294 g/mol. The number of hydrogen-bond acceptors (Lipinski definition) is 2. The summed E-state index contributed by atoms with van der Waals surface area (Å²) in [7, 11) is 1.42. The molecular formula is C19H32O2. The van der Waals surface area contributed by atoms with Crippen molar-refractivity contribution in [2.45, 2.75) is 71.1 Å². The van der Waals surface area contributed by atoms with Gasteiger partial charge in [-0.3, -0.25) is 4.79 Å². The Bertz CT molecular complexity index is 385. The molecule has 0 fully saturated rings. The van der Waals surface area contributed by atoms with E-state index in [1.807, 2.05) is 12.2 Å². The molecule has 0 aliphatic heterocycles. The predicted octanol–water partition coefficient (Wildman–Crippen LogP) is 5.75. The molecule has 0 aliphatic rings. The van der Waals surface area contributed by atoms with E-state index in [0.29, 0.717) is 12.8 Å². The molecule has 120 valence electrons. The lowest BCUT2D eigenvalue weighted by Gasteiger charge is -1.99. The summed E-state index contributed by atoms with van der Waals surface area (Å²) in [5.41, 5.74) is 0. The summed E-state index contributed by atoms with van der Waals surface area (Å²) in [6, 6.07) is 0. The van der Waals surface area contributed by atoms with Crippen LogP contribution < -0.4 is 0 Å². The molecule has 0 saturated heterocycles. The van der Waals surface area contributed by atoms with E-state index in [9.17, 15) is 4.79 Å². The Kier molecular flexibility index (Phi) is 12.8. The van der Waals surface area contributed by atoms with Gasteiger partial charge in [-0.15, -0.1) is 0 Å². The van der Waals surface area contributed by atoms with Gasteiger partial charge in [0.2, 0.25) is 0 Å². The van der Waals surface area contributed by atoms with Crippen molar-refractivity contribution < 1.29 is 12.3 Å². The summed E-state index contributed by atoms with van der Waals surface area (Å²) in [5.74, 6) is -0.134. The normalized spacial score (nSPS) is 14.0. The van der Waals surface area contributed by atoms with Crippen LogP contribution in [0.15, 0.2) is 36.5 Å². The van der Waals surface area contributed by atoms with Gasteiger partial charge >= 0.3 is 5.97 Å². The van der Waals surface area contributed by atoms with E-state index in [4.69, 9.17) is 2.74 Å². The predicted molar refractivity (Wildman–Crippen MR) is 91.3 cm³/mol. The lowest BCUT2D eigenvalue weighted by Crippen LogP contribution is -1.98. The molecule has 0 aliphatic carbocycles. The number of hydrogen-bond donors (Lipinski definition) is 0. The molecular weight excluding hydrogens is 260 g/mol. The van der Waals surface area contributed by atoms with Crippen molar-refractivity contribution in [1.82, 2.24) is 0 Å². The Morgan fingerprint density at radius 2 is 1.67 bits per heavy atom. The minimum atomic E-state index is -1.27. The third kappa shape index (κ3) is 16.6. The number of methoxy groups -OCH3 is 1. The topological polar surface area (TPSA) is 26.3 Å². The molecule has 2 heteroatoms. The molecule has 0 aromatic heterocycles. The molecule has 0 radical (unpaired) electrons. The van der Waals surface area contributed by atoms with Gasteiger partial charge in [0.15, 0.2) is 0 Å². The molecule has 0 unspecified atom stereocenters. The summed E-state index contributed by atoms with van der Waals surface area (Å²) in [5, 5.41) is 0. The lowest BCUT2D eigenvalue weighted by atomic mass is 10.1. The van der Waals surface area contributed by atoms with Crippen molar-refractivity contribution in [2.75, 3.05) is 7.11 Å². The molecule has 0 atom stereocenters. The zero-order valence-corrected chi connectivity index (χ0v) is 13.6. The SMILES string of the molecule is [2H]C([2H])(/C=C\C/C=C\CC)C/C=C\CCCCCCC(=O)OC. The van der Waals surface area contributed by atoms with Gasteiger partial charge in [0.05, 0.1) is 7.11 Å². The Morgan fingerprint density at radius 1 is 0.952 bits per heavy atom. The monoisotopic (exact) mass is 294 g/mol. The first-order chi connectivity index (χ1) is 11.0. The second-order valence-electron chi connectivity index (χ2n) is 4.93. The molecule has 0 bridgehead atoms. The van der Waals surface area contributed by atoms with Crippen molar-refractivity contribution in [3.8, 4) is 0 Å². The fraction of sp³-hybridized carbons (Fsp3) is 0.632. The highest BCUT2D eigenvalue weighted by molar-refractivity contribution is 5.68. The largest absolute Gasteiger partial charge is 0.469 e. The Hall–Kier alpha value is -1.31. The average Bonchev–Trinajstić information content (AvgIpc) is 2.52. The Morgan fingerprint density at radius 3 is 2.43 bits per heavy atom. The van der Waals surface area contributed by atoms with Crippen LogP contribution in [-0.4, -0.2) is 13.1 Å². The molecule has 0 aromatic carbocycles. The standard InChI is InChI=1S/C19H32O2/c1-3-4-5-6-7-8-9-10-11-12-13-14-15-16-17-18-19(20)21-2/h4-5,7-8,11-12H,3,6,9-10,13-18H2,1-2H3/b5-4-,8-7-,12-11-/i9D2. The van der Waals surface area contributed by atoms with Crippen LogP contribution in [0.5, 0.6) is 0 Å². The maximum atomic E-state index is 10.9. The van der Waals surface area contributed by atoms with Crippen LogP contribution in [0.3, 0.4) is 0 Å². The van der Waals surface area contributed by atoms with Gasteiger partial charge in [-0.2, -0.15) is 0 Å². The van der Waals surface area contributed by atoms with Crippen molar-refractivity contribution in [1.29, 1.82) is 0 Å². The minimum absolute atomic E-state index is 0.134. The number of allylic oxidation sites excluding steroid dienone is 6. The molecule has 0 heterocycles. The molecule has 0 spiro atoms. The van der Waals surface area contributed by atoms with Crippen LogP contribution in [0.2, 0.25) is 0 Å². The number of rotatable bonds is 13. The quantitative estimate of drug-likeness (QED) is 0.246. The lowest BCUT2D eigenvalue weighted by molar-refractivity contribution is -0.140. The van der Waals surface area contributed by atoms with E-state index in [2.05, 4.69) is 29.9 Å². The highest BCUT2D eigenvalue weighted by Crippen LogP contribution is 2.07. The van der Waals surface area contributed by atoms with Gasteiger partial charge in [0, 0.05) is 9.16 Å². The van der Waals surface area contributed by atoms with Gasteiger partial charge in [-0.05, 0) is 44.9 Å². The highest BCUT2D eigenvalue weighted by atomic mass is 16.5. The van der Waals surface area contributed by atoms with Crippen LogP contribution in [0.4, 0.5) is 0 Å². The van der Waals surface area contributed by atoms with Crippen molar-refractivity contribution in [3.63, 3.8) is 0 Å². The molecule has 0 rings (SSSR count).